The molecule has 0 saturated heterocycles. The molecule has 1 heterocycles. The molecule has 1 aromatic heterocycles. The van der Waals surface area contributed by atoms with E-state index < -0.39 is 0 Å². The number of H-pyrrole nitrogens is 1. The Bertz CT molecular complexity index is 763. The summed E-state index contributed by atoms with van der Waals surface area (Å²) in [7, 11) is 3.93. The Morgan fingerprint density at radius 3 is 2.65 bits per heavy atom. The summed E-state index contributed by atoms with van der Waals surface area (Å²) in [5.74, 6) is -0.0213. The molecule has 23 heavy (non-hydrogen) atoms. The van der Waals surface area contributed by atoms with Crippen molar-refractivity contribution in [2.75, 3.05) is 27.2 Å². The van der Waals surface area contributed by atoms with E-state index in [0.29, 0.717) is 24.9 Å². The lowest BCUT2D eigenvalue weighted by atomic mass is 10.0. The maximum atomic E-state index is 12.2. The summed E-state index contributed by atoms with van der Waals surface area (Å²) < 4.78 is 0. The van der Waals surface area contributed by atoms with Gasteiger partial charge in [0.2, 0.25) is 5.91 Å². The number of nitrogens with zero attached hydrogens (tertiary/aromatic N) is 1. The van der Waals surface area contributed by atoms with Crippen LogP contribution in [-0.4, -0.2) is 43.0 Å². The minimum atomic E-state index is -0.108. The standard InChI is InChI=1S/C18H25N3O2/c1-12-9-13(2)15-11-14(18(23)20-16(15)10-12)5-6-17(22)19-7-8-21(3)4/h9-11H,5-8H2,1-4H3,(H,19,22)(H,20,23). The van der Waals surface area contributed by atoms with E-state index in [1.54, 1.807) is 0 Å². The number of nitrogens with one attached hydrogen (secondary N) is 2. The van der Waals surface area contributed by atoms with Crippen molar-refractivity contribution in [1.29, 1.82) is 0 Å². The third-order valence-electron chi connectivity index (χ3n) is 3.89. The maximum Gasteiger partial charge on any atom is 0.251 e. The van der Waals surface area contributed by atoms with Crippen molar-refractivity contribution in [2.24, 2.45) is 0 Å². The molecule has 0 bridgehead atoms. The summed E-state index contributed by atoms with van der Waals surface area (Å²) in [5, 5.41) is 3.91. The van der Waals surface area contributed by atoms with Crippen LogP contribution >= 0.6 is 0 Å². The smallest absolute Gasteiger partial charge is 0.251 e. The van der Waals surface area contributed by atoms with Gasteiger partial charge in [-0.25, -0.2) is 0 Å². The van der Waals surface area contributed by atoms with Gasteiger partial charge >= 0.3 is 0 Å². The highest BCUT2D eigenvalue weighted by Gasteiger charge is 2.08. The van der Waals surface area contributed by atoms with Crippen LogP contribution in [0.2, 0.25) is 0 Å². The van der Waals surface area contributed by atoms with Crippen LogP contribution in [0.15, 0.2) is 23.0 Å². The van der Waals surface area contributed by atoms with Gasteiger partial charge in [-0.15, -0.1) is 0 Å². The highest BCUT2D eigenvalue weighted by molar-refractivity contribution is 5.83. The van der Waals surface area contributed by atoms with Gasteiger partial charge in [0.1, 0.15) is 0 Å². The van der Waals surface area contributed by atoms with Crippen molar-refractivity contribution in [3.63, 3.8) is 0 Å². The minimum absolute atomic E-state index is 0.0213. The molecule has 0 atom stereocenters. The summed E-state index contributed by atoms with van der Waals surface area (Å²) in [6.45, 7) is 5.47. The molecule has 0 aliphatic carbocycles. The Morgan fingerprint density at radius 1 is 1.22 bits per heavy atom. The number of carbonyl (C=O) groups excluding carboxylic acids is 1. The largest absolute Gasteiger partial charge is 0.355 e. The number of aromatic nitrogens is 1. The van der Waals surface area contributed by atoms with Gasteiger partial charge < -0.3 is 15.2 Å². The first-order valence-electron chi connectivity index (χ1n) is 7.91. The Morgan fingerprint density at radius 2 is 1.96 bits per heavy atom. The zero-order chi connectivity index (χ0) is 17.0. The second-order valence-corrected chi connectivity index (χ2v) is 6.32. The zero-order valence-electron chi connectivity index (χ0n) is 14.3. The van der Waals surface area contributed by atoms with Gasteiger partial charge in [0.15, 0.2) is 0 Å². The van der Waals surface area contributed by atoms with E-state index in [4.69, 9.17) is 0 Å². The summed E-state index contributed by atoms with van der Waals surface area (Å²) in [6, 6.07) is 5.98. The molecule has 0 unspecified atom stereocenters. The zero-order valence-corrected chi connectivity index (χ0v) is 14.3. The SMILES string of the molecule is Cc1cc(C)c2cc(CCC(=O)NCCN(C)C)c(=O)[nH]c2c1. The van der Waals surface area contributed by atoms with Gasteiger partial charge in [0.05, 0.1) is 0 Å². The Kier molecular flexibility index (Phi) is 5.55. The maximum absolute atomic E-state index is 12.2. The average molecular weight is 315 g/mol. The van der Waals surface area contributed by atoms with Crippen LogP contribution < -0.4 is 10.9 Å². The molecule has 2 aromatic rings. The van der Waals surface area contributed by atoms with Crippen LogP contribution in [0.25, 0.3) is 10.9 Å². The first kappa shape index (κ1) is 17.2. The molecule has 5 heteroatoms. The minimum Gasteiger partial charge on any atom is -0.355 e. The third kappa shape index (κ3) is 4.66. The molecule has 0 aliphatic rings. The van der Waals surface area contributed by atoms with Gasteiger partial charge in [0, 0.05) is 36.0 Å². The topological polar surface area (TPSA) is 65.2 Å². The number of hydrogen-bond donors (Lipinski definition) is 2. The Labute approximate surface area is 136 Å². The number of carbonyl (C=O) groups is 1. The molecule has 0 spiro atoms. The lowest BCUT2D eigenvalue weighted by Gasteiger charge is -2.10. The van der Waals surface area contributed by atoms with Crippen molar-refractivity contribution in [3.8, 4) is 0 Å². The molecular weight excluding hydrogens is 290 g/mol. The van der Waals surface area contributed by atoms with E-state index in [-0.39, 0.29) is 11.5 Å². The Hall–Kier alpha value is -2.14. The van der Waals surface area contributed by atoms with E-state index in [1.165, 1.54) is 0 Å². The van der Waals surface area contributed by atoms with Crippen molar-refractivity contribution in [1.82, 2.24) is 15.2 Å². The second-order valence-electron chi connectivity index (χ2n) is 6.32. The van der Waals surface area contributed by atoms with Crippen LogP contribution in [0, 0.1) is 13.8 Å². The third-order valence-corrected chi connectivity index (χ3v) is 3.89. The molecule has 0 aliphatic heterocycles. The summed E-state index contributed by atoms with van der Waals surface area (Å²) in [4.78, 5) is 29.0. The molecular formula is C18H25N3O2. The molecule has 2 N–H and O–H groups in total. The first-order chi connectivity index (χ1) is 10.9. The van der Waals surface area contributed by atoms with E-state index in [0.717, 1.165) is 28.6 Å². The Balaban J connectivity index is 2.07. The number of fused-ring (bicyclic) bond motifs is 1. The molecule has 2 rings (SSSR count). The number of amides is 1. The quantitative estimate of drug-likeness (QED) is 0.853. The molecule has 0 saturated carbocycles. The summed E-state index contributed by atoms with van der Waals surface area (Å²) in [5.41, 5.74) is 3.66. The fraction of sp³-hybridized carbons (Fsp3) is 0.444. The van der Waals surface area contributed by atoms with Gasteiger partial charge in [0.25, 0.3) is 5.56 Å². The number of likely N-dealkylation sites (N-methyl/N-ethyl adjacent to an activating group) is 1. The molecule has 1 amide bonds. The summed E-state index contributed by atoms with van der Waals surface area (Å²) in [6.07, 6.45) is 0.777. The van der Waals surface area contributed by atoms with Crippen LogP contribution in [-0.2, 0) is 11.2 Å². The van der Waals surface area contributed by atoms with Crippen LogP contribution in [0.3, 0.4) is 0 Å². The molecule has 124 valence electrons. The average Bonchev–Trinajstić information content (AvgIpc) is 2.44. The van der Waals surface area contributed by atoms with Crippen molar-refractivity contribution < 1.29 is 4.79 Å². The molecule has 1 aromatic carbocycles. The molecule has 0 radical (unpaired) electrons. The van der Waals surface area contributed by atoms with E-state index in [2.05, 4.69) is 16.4 Å². The molecule has 5 nitrogen and oxygen atoms in total. The van der Waals surface area contributed by atoms with Gasteiger partial charge in [-0.1, -0.05) is 6.07 Å². The monoisotopic (exact) mass is 315 g/mol. The van der Waals surface area contributed by atoms with E-state index in [9.17, 15) is 9.59 Å². The lowest BCUT2D eigenvalue weighted by molar-refractivity contribution is -0.121. The number of benzene rings is 1. The molecule has 0 fully saturated rings. The second kappa shape index (κ2) is 7.42. The first-order valence-corrected chi connectivity index (χ1v) is 7.91. The normalized spacial score (nSPS) is 11.2. The van der Waals surface area contributed by atoms with Crippen LogP contribution in [0.4, 0.5) is 0 Å². The van der Waals surface area contributed by atoms with Crippen molar-refractivity contribution in [3.05, 3.63) is 45.2 Å². The number of pyridine rings is 1. The van der Waals surface area contributed by atoms with Crippen LogP contribution in [0.5, 0.6) is 0 Å². The van der Waals surface area contributed by atoms with E-state index in [1.807, 2.05) is 45.0 Å². The highest BCUT2D eigenvalue weighted by atomic mass is 16.1. The predicted molar refractivity (Wildman–Crippen MR) is 93.9 cm³/mol. The van der Waals surface area contributed by atoms with Gasteiger partial charge in [-0.3, -0.25) is 9.59 Å². The number of aromatic amines is 1. The van der Waals surface area contributed by atoms with Gasteiger partial charge in [-0.05, 0) is 57.6 Å². The van der Waals surface area contributed by atoms with Crippen molar-refractivity contribution in [2.45, 2.75) is 26.7 Å². The number of hydrogen-bond acceptors (Lipinski definition) is 3. The highest BCUT2D eigenvalue weighted by Crippen LogP contribution is 2.18. The summed E-state index contributed by atoms with van der Waals surface area (Å²) >= 11 is 0. The fourth-order valence-electron chi connectivity index (χ4n) is 2.66. The van der Waals surface area contributed by atoms with E-state index >= 15 is 0 Å². The predicted octanol–water partition coefficient (Wildman–Crippen LogP) is 1.76. The lowest BCUT2D eigenvalue weighted by Crippen LogP contribution is -2.31. The van der Waals surface area contributed by atoms with Gasteiger partial charge in [-0.2, -0.15) is 0 Å². The van der Waals surface area contributed by atoms with Crippen LogP contribution in [0.1, 0.15) is 23.1 Å². The van der Waals surface area contributed by atoms with Crippen molar-refractivity contribution >= 4 is 16.8 Å². The number of rotatable bonds is 6. The number of aryl methyl sites for hydroxylation is 3. The fourth-order valence-corrected chi connectivity index (χ4v) is 2.66.